The highest BCUT2D eigenvalue weighted by atomic mass is 16.2. The predicted molar refractivity (Wildman–Crippen MR) is 88.2 cm³/mol. The van der Waals surface area contributed by atoms with Gasteiger partial charge in [0.05, 0.1) is 0 Å². The molecule has 2 fully saturated rings. The van der Waals surface area contributed by atoms with Crippen molar-refractivity contribution in [3.05, 3.63) is 0 Å². The molecule has 1 amide bonds. The number of piperidine rings is 1. The van der Waals surface area contributed by atoms with Gasteiger partial charge in [0.2, 0.25) is 5.91 Å². The molecule has 0 aromatic carbocycles. The fraction of sp³-hybridized carbons (Fsp3) is 0.944. The highest BCUT2D eigenvalue weighted by Gasteiger charge is 2.30. The molecule has 2 heterocycles. The van der Waals surface area contributed by atoms with Crippen LogP contribution in [0.25, 0.3) is 0 Å². The zero-order chi connectivity index (χ0) is 15.5. The molecule has 2 aliphatic rings. The number of carbonyl (C=O) groups excluding carboxylic acids is 1. The zero-order valence-electron chi connectivity index (χ0n) is 14.5. The molecule has 0 aromatic rings. The van der Waals surface area contributed by atoms with Crippen molar-refractivity contribution < 1.29 is 4.79 Å². The van der Waals surface area contributed by atoms with Gasteiger partial charge in [-0.2, -0.15) is 0 Å². The first kappa shape index (κ1) is 16.8. The van der Waals surface area contributed by atoms with Gasteiger partial charge < -0.3 is 10.2 Å². The summed E-state index contributed by atoms with van der Waals surface area (Å²) in [4.78, 5) is 14.5. The van der Waals surface area contributed by atoms with Gasteiger partial charge in [0.1, 0.15) is 0 Å². The number of nitrogens with one attached hydrogen (secondary N) is 1. The van der Waals surface area contributed by atoms with Crippen LogP contribution in [-0.2, 0) is 4.79 Å². The molecule has 3 heteroatoms. The Bertz CT molecular complexity index is 334. The van der Waals surface area contributed by atoms with Crippen LogP contribution in [0.3, 0.4) is 0 Å². The molecule has 1 N–H and O–H groups in total. The predicted octanol–water partition coefficient (Wildman–Crippen LogP) is 3.44. The Morgan fingerprint density at radius 1 is 1.24 bits per heavy atom. The van der Waals surface area contributed by atoms with E-state index in [1.807, 2.05) is 0 Å². The molecule has 0 radical (unpaired) electrons. The lowest BCUT2D eigenvalue weighted by atomic mass is 9.83. The highest BCUT2D eigenvalue weighted by molar-refractivity contribution is 5.76. The minimum absolute atomic E-state index is 0.320. The fourth-order valence-electron chi connectivity index (χ4n) is 4.21. The van der Waals surface area contributed by atoms with Crippen LogP contribution >= 0.6 is 0 Å². The molecular weight excluding hydrogens is 260 g/mol. The van der Waals surface area contributed by atoms with E-state index in [1.54, 1.807) is 0 Å². The number of hydrogen-bond donors (Lipinski definition) is 1. The maximum absolute atomic E-state index is 12.4. The van der Waals surface area contributed by atoms with Gasteiger partial charge in [0, 0.05) is 25.6 Å². The van der Waals surface area contributed by atoms with Crippen LogP contribution in [0, 0.1) is 17.3 Å². The Labute approximate surface area is 130 Å². The van der Waals surface area contributed by atoms with Crippen molar-refractivity contribution in [3.8, 4) is 0 Å². The Morgan fingerprint density at radius 3 is 2.43 bits per heavy atom. The van der Waals surface area contributed by atoms with Crippen molar-refractivity contribution in [1.29, 1.82) is 0 Å². The lowest BCUT2D eigenvalue weighted by Crippen LogP contribution is -2.43. The monoisotopic (exact) mass is 294 g/mol. The Morgan fingerprint density at radius 2 is 1.90 bits per heavy atom. The molecule has 2 rings (SSSR count). The van der Waals surface area contributed by atoms with E-state index in [4.69, 9.17) is 0 Å². The van der Waals surface area contributed by atoms with Crippen LogP contribution in [0.2, 0.25) is 0 Å². The Balaban J connectivity index is 1.72. The number of likely N-dealkylation sites (tertiary alicyclic amines) is 1. The van der Waals surface area contributed by atoms with E-state index in [0.29, 0.717) is 17.2 Å². The number of nitrogens with zero attached hydrogens (tertiary/aromatic N) is 1. The van der Waals surface area contributed by atoms with E-state index >= 15 is 0 Å². The summed E-state index contributed by atoms with van der Waals surface area (Å²) < 4.78 is 0. The quantitative estimate of drug-likeness (QED) is 0.861. The third-order valence-corrected chi connectivity index (χ3v) is 5.04. The van der Waals surface area contributed by atoms with Gasteiger partial charge in [-0.05, 0) is 55.9 Å². The van der Waals surface area contributed by atoms with Gasteiger partial charge in [-0.1, -0.05) is 27.7 Å². The van der Waals surface area contributed by atoms with E-state index in [-0.39, 0.29) is 0 Å². The standard InChI is InChI=1S/C18H34N2O/c1-14(13-18(2,3)4)12-17(21)20-10-7-15(8-11-20)16-6-5-9-19-16/h14-16,19H,5-13H2,1-4H3. The van der Waals surface area contributed by atoms with Gasteiger partial charge in [-0.25, -0.2) is 0 Å². The molecule has 0 aromatic heterocycles. The normalized spacial score (nSPS) is 26.1. The van der Waals surface area contributed by atoms with Crippen molar-refractivity contribution in [2.24, 2.45) is 17.3 Å². The first-order valence-electron chi connectivity index (χ1n) is 8.86. The molecule has 2 saturated heterocycles. The maximum Gasteiger partial charge on any atom is 0.222 e. The summed E-state index contributed by atoms with van der Waals surface area (Å²) in [6.07, 6.45) is 6.90. The molecule has 2 unspecified atom stereocenters. The van der Waals surface area contributed by atoms with Gasteiger partial charge in [0.15, 0.2) is 0 Å². The van der Waals surface area contributed by atoms with Crippen LogP contribution in [0.15, 0.2) is 0 Å². The lowest BCUT2D eigenvalue weighted by Gasteiger charge is -2.35. The van der Waals surface area contributed by atoms with Gasteiger partial charge >= 0.3 is 0 Å². The second kappa shape index (κ2) is 7.13. The molecule has 3 nitrogen and oxygen atoms in total. The van der Waals surface area contributed by atoms with E-state index in [0.717, 1.165) is 37.9 Å². The second-order valence-electron chi connectivity index (χ2n) is 8.50. The van der Waals surface area contributed by atoms with Crippen LogP contribution in [0.1, 0.15) is 66.2 Å². The van der Waals surface area contributed by atoms with Crippen LogP contribution < -0.4 is 5.32 Å². The Hall–Kier alpha value is -0.570. The molecule has 0 aliphatic carbocycles. The molecule has 0 spiro atoms. The summed E-state index contributed by atoms with van der Waals surface area (Å²) >= 11 is 0. The van der Waals surface area contributed by atoms with Crippen LogP contribution in [0.4, 0.5) is 0 Å². The van der Waals surface area contributed by atoms with E-state index < -0.39 is 0 Å². The molecule has 21 heavy (non-hydrogen) atoms. The van der Waals surface area contributed by atoms with Crippen molar-refractivity contribution in [2.45, 2.75) is 72.3 Å². The van der Waals surface area contributed by atoms with Crippen molar-refractivity contribution in [2.75, 3.05) is 19.6 Å². The largest absolute Gasteiger partial charge is 0.343 e. The third kappa shape index (κ3) is 5.28. The summed E-state index contributed by atoms with van der Waals surface area (Å²) in [6, 6.07) is 0.724. The summed E-state index contributed by atoms with van der Waals surface area (Å²) in [5, 5.41) is 3.62. The van der Waals surface area contributed by atoms with Crippen LogP contribution in [0.5, 0.6) is 0 Å². The van der Waals surface area contributed by atoms with Crippen molar-refractivity contribution in [1.82, 2.24) is 10.2 Å². The SMILES string of the molecule is CC(CC(=O)N1CCC(C2CCCN2)CC1)CC(C)(C)C. The third-order valence-electron chi connectivity index (χ3n) is 5.04. The van der Waals surface area contributed by atoms with Gasteiger partial charge in [0.25, 0.3) is 0 Å². The van der Waals surface area contributed by atoms with Crippen molar-refractivity contribution >= 4 is 5.91 Å². The second-order valence-corrected chi connectivity index (χ2v) is 8.50. The molecular formula is C18H34N2O. The zero-order valence-corrected chi connectivity index (χ0v) is 14.5. The summed E-state index contributed by atoms with van der Waals surface area (Å²) in [5.41, 5.74) is 0.320. The summed E-state index contributed by atoms with van der Waals surface area (Å²) in [7, 11) is 0. The number of hydrogen-bond acceptors (Lipinski definition) is 2. The average molecular weight is 294 g/mol. The highest BCUT2D eigenvalue weighted by Crippen LogP contribution is 2.28. The minimum atomic E-state index is 0.320. The maximum atomic E-state index is 12.4. The number of carbonyl (C=O) groups is 1. The van der Waals surface area contributed by atoms with E-state index in [1.165, 1.54) is 32.2 Å². The molecule has 122 valence electrons. The van der Waals surface area contributed by atoms with Gasteiger partial charge in [-0.15, -0.1) is 0 Å². The fourth-order valence-corrected chi connectivity index (χ4v) is 4.21. The van der Waals surface area contributed by atoms with E-state index in [9.17, 15) is 4.79 Å². The van der Waals surface area contributed by atoms with Gasteiger partial charge in [-0.3, -0.25) is 4.79 Å². The first-order valence-corrected chi connectivity index (χ1v) is 8.86. The molecule has 2 aliphatic heterocycles. The smallest absolute Gasteiger partial charge is 0.222 e. The summed E-state index contributed by atoms with van der Waals surface area (Å²) in [6.45, 7) is 12.1. The molecule has 0 saturated carbocycles. The minimum Gasteiger partial charge on any atom is -0.343 e. The first-order chi connectivity index (χ1) is 9.85. The summed E-state index contributed by atoms with van der Waals surface area (Å²) in [5.74, 6) is 1.67. The van der Waals surface area contributed by atoms with Crippen LogP contribution in [-0.4, -0.2) is 36.5 Å². The molecule has 0 bridgehead atoms. The lowest BCUT2D eigenvalue weighted by molar-refractivity contribution is -0.133. The Kier molecular flexibility index (Phi) is 5.70. The average Bonchev–Trinajstić information content (AvgIpc) is 2.90. The number of amides is 1. The number of rotatable bonds is 4. The van der Waals surface area contributed by atoms with Crippen molar-refractivity contribution in [3.63, 3.8) is 0 Å². The molecule has 2 atom stereocenters. The van der Waals surface area contributed by atoms with E-state index in [2.05, 4.69) is 37.9 Å². The topological polar surface area (TPSA) is 32.3 Å².